The molecule has 3 heterocycles. The molecule has 0 spiro atoms. The average molecular weight is 520 g/mol. The summed E-state index contributed by atoms with van der Waals surface area (Å²) in [5, 5.41) is 8.75. The molecule has 10 heteroatoms. The molecule has 0 radical (unpaired) electrons. The normalized spacial score (nSPS) is 11.1. The Kier molecular flexibility index (Phi) is 5.41. The standard InChI is InChI=1S/C20H18FIN6O2/c1-4-29-19-16-15(18(23)26-27-19)14(17(22)28(16)3)11-5-6-13(12(21)9-11)30-20-24-8-7-10(2)25-20/h5-9H,4H2,1-3H3,(H2,23,26). The third kappa shape index (κ3) is 3.51. The van der Waals surface area contributed by atoms with E-state index in [2.05, 4.69) is 42.8 Å². The quantitative estimate of drug-likeness (QED) is 0.393. The van der Waals surface area contributed by atoms with Crippen LogP contribution >= 0.6 is 22.6 Å². The Morgan fingerprint density at radius 1 is 1.23 bits per heavy atom. The zero-order valence-electron chi connectivity index (χ0n) is 16.5. The second-order valence-corrected chi connectivity index (χ2v) is 7.52. The SMILES string of the molecule is CCOc1nnc(N)c2c(-c3ccc(Oc4nccc(C)n4)c(F)c3)c(I)n(C)c12. The average Bonchev–Trinajstić information content (AvgIpc) is 2.98. The number of ether oxygens (including phenoxy) is 2. The molecule has 0 aliphatic heterocycles. The highest BCUT2D eigenvalue weighted by atomic mass is 127. The fraction of sp³-hybridized carbons (Fsp3) is 0.200. The van der Waals surface area contributed by atoms with Gasteiger partial charge in [-0.2, -0.15) is 0 Å². The van der Waals surface area contributed by atoms with Gasteiger partial charge in [-0.05, 0) is 60.2 Å². The van der Waals surface area contributed by atoms with Crippen LogP contribution in [0.15, 0.2) is 30.5 Å². The zero-order valence-corrected chi connectivity index (χ0v) is 18.6. The van der Waals surface area contributed by atoms with Crippen LogP contribution < -0.4 is 15.2 Å². The van der Waals surface area contributed by atoms with Gasteiger partial charge in [0, 0.05) is 24.5 Å². The smallest absolute Gasteiger partial charge is 0.322 e. The van der Waals surface area contributed by atoms with Crippen LogP contribution in [-0.4, -0.2) is 31.3 Å². The van der Waals surface area contributed by atoms with E-state index in [4.69, 9.17) is 15.2 Å². The van der Waals surface area contributed by atoms with E-state index < -0.39 is 5.82 Å². The summed E-state index contributed by atoms with van der Waals surface area (Å²) in [5.74, 6) is 0.111. The number of fused-ring (bicyclic) bond motifs is 1. The van der Waals surface area contributed by atoms with Crippen molar-refractivity contribution in [3.63, 3.8) is 0 Å². The van der Waals surface area contributed by atoms with Crippen LogP contribution in [0.2, 0.25) is 0 Å². The van der Waals surface area contributed by atoms with Gasteiger partial charge in [-0.15, -0.1) is 10.2 Å². The molecule has 0 bridgehead atoms. The molecule has 0 amide bonds. The zero-order chi connectivity index (χ0) is 21.4. The molecule has 154 valence electrons. The van der Waals surface area contributed by atoms with E-state index in [1.54, 1.807) is 31.3 Å². The van der Waals surface area contributed by atoms with Crippen LogP contribution in [-0.2, 0) is 7.05 Å². The van der Waals surface area contributed by atoms with Crippen LogP contribution in [0, 0.1) is 16.4 Å². The number of halogens is 2. The molecule has 8 nitrogen and oxygen atoms in total. The molecule has 0 unspecified atom stereocenters. The Hall–Kier alpha value is -3.02. The highest BCUT2D eigenvalue weighted by molar-refractivity contribution is 14.1. The van der Waals surface area contributed by atoms with Gasteiger partial charge in [-0.25, -0.2) is 14.4 Å². The number of nitrogens with zero attached hydrogens (tertiary/aromatic N) is 5. The van der Waals surface area contributed by atoms with E-state index >= 15 is 0 Å². The largest absolute Gasteiger partial charge is 0.475 e. The lowest BCUT2D eigenvalue weighted by Gasteiger charge is -2.08. The van der Waals surface area contributed by atoms with Crippen LogP contribution in [0.25, 0.3) is 22.0 Å². The first-order chi connectivity index (χ1) is 14.4. The number of hydrogen-bond donors (Lipinski definition) is 1. The predicted molar refractivity (Wildman–Crippen MR) is 119 cm³/mol. The molecular weight excluding hydrogens is 502 g/mol. The Balaban J connectivity index is 1.82. The molecule has 30 heavy (non-hydrogen) atoms. The lowest BCUT2D eigenvalue weighted by molar-refractivity contribution is 0.326. The number of rotatable bonds is 5. The van der Waals surface area contributed by atoms with Gasteiger partial charge in [0.2, 0.25) is 0 Å². The number of nitrogen functional groups attached to an aromatic ring is 1. The summed E-state index contributed by atoms with van der Waals surface area (Å²) >= 11 is 2.19. The summed E-state index contributed by atoms with van der Waals surface area (Å²) in [6.45, 7) is 4.11. The second kappa shape index (κ2) is 8.01. The monoisotopic (exact) mass is 520 g/mol. The maximum atomic E-state index is 14.9. The number of benzene rings is 1. The summed E-state index contributed by atoms with van der Waals surface area (Å²) in [6.07, 6.45) is 1.56. The summed E-state index contributed by atoms with van der Waals surface area (Å²) < 4.78 is 28.8. The molecule has 2 N–H and O–H groups in total. The molecule has 4 aromatic rings. The molecule has 0 atom stereocenters. The molecule has 0 fully saturated rings. The maximum Gasteiger partial charge on any atom is 0.322 e. The fourth-order valence-corrected chi connectivity index (χ4v) is 3.98. The van der Waals surface area contributed by atoms with E-state index in [9.17, 15) is 4.39 Å². The van der Waals surface area contributed by atoms with Crippen molar-refractivity contribution in [1.82, 2.24) is 24.7 Å². The first kappa shape index (κ1) is 20.3. The van der Waals surface area contributed by atoms with Gasteiger partial charge in [-0.3, -0.25) is 0 Å². The van der Waals surface area contributed by atoms with Crippen molar-refractivity contribution in [2.24, 2.45) is 7.05 Å². The van der Waals surface area contributed by atoms with Gasteiger partial charge >= 0.3 is 6.01 Å². The Bertz CT molecular complexity index is 1260. The van der Waals surface area contributed by atoms with Crippen molar-refractivity contribution in [2.45, 2.75) is 13.8 Å². The van der Waals surface area contributed by atoms with Crippen LogP contribution in [0.5, 0.6) is 17.6 Å². The van der Waals surface area contributed by atoms with Crippen molar-refractivity contribution in [2.75, 3.05) is 12.3 Å². The molecular formula is C20H18FIN6O2. The number of anilines is 1. The van der Waals surface area contributed by atoms with E-state index in [0.29, 0.717) is 29.0 Å². The van der Waals surface area contributed by atoms with Gasteiger partial charge in [0.25, 0.3) is 5.88 Å². The van der Waals surface area contributed by atoms with E-state index in [-0.39, 0.29) is 17.6 Å². The third-order valence-electron chi connectivity index (χ3n) is 4.51. The Morgan fingerprint density at radius 2 is 2.03 bits per heavy atom. The third-order valence-corrected chi connectivity index (χ3v) is 5.77. The van der Waals surface area contributed by atoms with E-state index in [1.807, 2.05) is 18.5 Å². The molecule has 0 aliphatic rings. The van der Waals surface area contributed by atoms with Crippen LogP contribution in [0.4, 0.5) is 10.2 Å². The van der Waals surface area contributed by atoms with Crippen molar-refractivity contribution in [1.29, 1.82) is 0 Å². The number of nitrogens with two attached hydrogens (primary N) is 1. The molecule has 1 aromatic carbocycles. The summed E-state index contributed by atoms with van der Waals surface area (Å²) in [7, 11) is 1.88. The second-order valence-electron chi connectivity index (χ2n) is 6.50. The van der Waals surface area contributed by atoms with Gasteiger partial charge in [-0.1, -0.05) is 6.07 Å². The van der Waals surface area contributed by atoms with Crippen molar-refractivity contribution >= 4 is 39.3 Å². The number of aryl methyl sites for hydroxylation is 2. The summed E-state index contributed by atoms with van der Waals surface area (Å²) in [5.41, 5.74) is 8.95. The molecule has 3 aromatic heterocycles. The summed E-state index contributed by atoms with van der Waals surface area (Å²) in [4.78, 5) is 8.14. The maximum absolute atomic E-state index is 14.9. The predicted octanol–water partition coefficient (Wildman–Crippen LogP) is 4.25. The lowest BCUT2D eigenvalue weighted by Crippen LogP contribution is -2.02. The highest BCUT2D eigenvalue weighted by Crippen LogP contribution is 2.41. The minimum Gasteiger partial charge on any atom is -0.475 e. The topological polar surface area (TPSA) is 101 Å². The molecule has 0 saturated heterocycles. The first-order valence-electron chi connectivity index (χ1n) is 9.11. The Labute approximate surface area is 185 Å². The van der Waals surface area contributed by atoms with Crippen molar-refractivity contribution < 1.29 is 13.9 Å². The highest BCUT2D eigenvalue weighted by Gasteiger charge is 2.23. The van der Waals surface area contributed by atoms with Crippen molar-refractivity contribution in [3.05, 3.63) is 45.7 Å². The van der Waals surface area contributed by atoms with Gasteiger partial charge < -0.3 is 19.8 Å². The first-order valence-corrected chi connectivity index (χ1v) is 10.2. The van der Waals surface area contributed by atoms with Gasteiger partial charge in [0.1, 0.15) is 5.52 Å². The number of aromatic nitrogens is 5. The summed E-state index contributed by atoms with van der Waals surface area (Å²) in [6, 6.07) is 6.51. The fourth-order valence-electron chi connectivity index (χ4n) is 3.16. The van der Waals surface area contributed by atoms with Crippen LogP contribution in [0.1, 0.15) is 12.6 Å². The minimum atomic E-state index is -0.545. The van der Waals surface area contributed by atoms with Gasteiger partial charge in [0.05, 0.1) is 15.7 Å². The molecule has 0 aliphatic carbocycles. The Morgan fingerprint density at radius 3 is 2.73 bits per heavy atom. The number of hydrogen-bond acceptors (Lipinski definition) is 7. The molecule has 4 rings (SSSR count). The lowest BCUT2D eigenvalue weighted by atomic mass is 10.1. The van der Waals surface area contributed by atoms with E-state index in [1.165, 1.54) is 6.07 Å². The van der Waals surface area contributed by atoms with Crippen LogP contribution in [0.3, 0.4) is 0 Å². The molecule has 0 saturated carbocycles. The van der Waals surface area contributed by atoms with Gasteiger partial charge in [0.15, 0.2) is 17.4 Å². The minimum absolute atomic E-state index is 0.0300. The van der Waals surface area contributed by atoms with Crippen molar-refractivity contribution in [3.8, 4) is 28.8 Å². The van der Waals surface area contributed by atoms with E-state index in [0.717, 1.165) is 15.0 Å².